The summed E-state index contributed by atoms with van der Waals surface area (Å²) in [5, 5.41) is 5.57. The van der Waals surface area contributed by atoms with Crippen LogP contribution >= 0.6 is 11.3 Å². The van der Waals surface area contributed by atoms with Gasteiger partial charge in [-0.2, -0.15) is 8.42 Å². The van der Waals surface area contributed by atoms with Crippen LogP contribution in [-0.4, -0.2) is 35.4 Å². The second-order valence-electron chi connectivity index (χ2n) is 8.12. The lowest BCUT2D eigenvalue weighted by Crippen LogP contribution is -2.31. The van der Waals surface area contributed by atoms with E-state index in [1.54, 1.807) is 26.8 Å². The molecule has 1 radical (unpaired) electrons. The summed E-state index contributed by atoms with van der Waals surface area (Å²) < 4.78 is 37.9. The third-order valence-corrected chi connectivity index (χ3v) is 5.59. The molecule has 0 saturated heterocycles. The highest BCUT2D eigenvalue weighted by molar-refractivity contribution is 7.87. The Balaban J connectivity index is 2.08. The molecule has 1 atom stereocenters. The number of amides is 1. The highest BCUT2D eigenvalue weighted by Gasteiger charge is 2.21. The number of nitrogens with one attached hydrogen (secondary N) is 2. The fourth-order valence-electron chi connectivity index (χ4n) is 2.74. The molecule has 11 heteroatoms. The third-order valence-electron chi connectivity index (χ3n) is 4.09. The fourth-order valence-corrected chi connectivity index (χ4v) is 4.11. The maximum atomic E-state index is 12.5. The second kappa shape index (κ2) is 10.9. The van der Waals surface area contributed by atoms with Gasteiger partial charge in [-0.1, -0.05) is 13.0 Å². The fraction of sp³-hybridized carbons (Fsp3) is 0.476. The van der Waals surface area contributed by atoms with E-state index >= 15 is 0 Å². The summed E-state index contributed by atoms with van der Waals surface area (Å²) >= 11 is 1.43. The number of aryl methyl sites for hydroxylation is 1. The molecule has 1 amide bonds. The second-order valence-corrected chi connectivity index (χ2v) is 10.2. The first-order chi connectivity index (χ1) is 14.8. The minimum atomic E-state index is -4.37. The average Bonchev–Trinajstić information content (AvgIpc) is 3.14. The summed E-state index contributed by atoms with van der Waals surface area (Å²) in [6.45, 7) is 7.29. The van der Waals surface area contributed by atoms with Crippen molar-refractivity contribution in [3.63, 3.8) is 0 Å². The molecule has 0 fully saturated rings. The summed E-state index contributed by atoms with van der Waals surface area (Å²) in [4.78, 5) is 29.0. The number of carbonyl (C=O) groups is 2. The summed E-state index contributed by atoms with van der Waals surface area (Å²) in [6, 6.07) is 7.02. The molecule has 9 nitrogen and oxygen atoms in total. The molecule has 32 heavy (non-hydrogen) atoms. The van der Waals surface area contributed by atoms with Gasteiger partial charge in [0.1, 0.15) is 10.6 Å². The van der Waals surface area contributed by atoms with Crippen molar-refractivity contribution in [3.8, 4) is 0 Å². The van der Waals surface area contributed by atoms with Crippen molar-refractivity contribution in [1.82, 2.24) is 10.3 Å². The van der Waals surface area contributed by atoms with Crippen LogP contribution < -0.4 is 10.0 Å². The number of rotatable bonds is 10. The molecular formula is C21H28N3O6S2. The van der Waals surface area contributed by atoms with Gasteiger partial charge in [-0.25, -0.2) is 4.98 Å². The number of ether oxygens (including phenoxy) is 1. The van der Waals surface area contributed by atoms with Gasteiger partial charge in [0.05, 0.1) is 23.8 Å². The van der Waals surface area contributed by atoms with Crippen LogP contribution in [0, 0.1) is 6.07 Å². The van der Waals surface area contributed by atoms with Crippen LogP contribution in [0.4, 0.5) is 5.69 Å². The Hall–Kier alpha value is -2.50. The highest BCUT2D eigenvalue weighted by Crippen LogP contribution is 2.24. The van der Waals surface area contributed by atoms with Gasteiger partial charge in [-0.15, -0.1) is 11.3 Å². The van der Waals surface area contributed by atoms with Gasteiger partial charge >= 0.3 is 16.3 Å². The molecule has 3 N–H and O–H groups in total. The van der Waals surface area contributed by atoms with Gasteiger partial charge in [0.2, 0.25) is 5.91 Å². The molecule has 0 aliphatic carbocycles. The van der Waals surface area contributed by atoms with Crippen molar-refractivity contribution in [2.24, 2.45) is 0 Å². The van der Waals surface area contributed by atoms with Crippen molar-refractivity contribution in [1.29, 1.82) is 0 Å². The first-order valence-electron chi connectivity index (χ1n) is 10.1. The number of carbonyl (C=O) groups excluding carboxylic acids is 2. The first kappa shape index (κ1) is 25.8. The molecule has 0 spiro atoms. The average molecular weight is 483 g/mol. The molecule has 1 heterocycles. The number of anilines is 1. The highest BCUT2D eigenvalue weighted by atomic mass is 32.2. The van der Waals surface area contributed by atoms with Gasteiger partial charge in [-0.05, 0) is 57.4 Å². The minimum absolute atomic E-state index is 0.0155. The summed E-state index contributed by atoms with van der Waals surface area (Å²) in [7, 11) is -4.37. The Morgan fingerprint density at radius 3 is 2.53 bits per heavy atom. The Morgan fingerprint density at radius 1 is 1.28 bits per heavy atom. The molecule has 1 unspecified atom stereocenters. The lowest BCUT2D eigenvalue weighted by Gasteiger charge is -2.20. The van der Waals surface area contributed by atoms with Crippen LogP contribution in [0.15, 0.2) is 23.6 Å². The van der Waals surface area contributed by atoms with Crippen molar-refractivity contribution in [2.45, 2.75) is 65.0 Å². The van der Waals surface area contributed by atoms with Gasteiger partial charge in [0.15, 0.2) is 0 Å². The van der Waals surface area contributed by atoms with Crippen molar-refractivity contribution in [3.05, 3.63) is 45.9 Å². The number of aromatic nitrogens is 1. The normalized spacial score (nSPS) is 12.8. The molecule has 2 rings (SSSR count). The van der Waals surface area contributed by atoms with Crippen LogP contribution in [0.1, 0.15) is 62.8 Å². The Bertz CT molecular complexity index is 1030. The van der Waals surface area contributed by atoms with E-state index in [1.165, 1.54) is 23.5 Å². The van der Waals surface area contributed by atoms with E-state index in [4.69, 9.17) is 9.29 Å². The van der Waals surface area contributed by atoms with Crippen LogP contribution in [0.25, 0.3) is 0 Å². The Morgan fingerprint density at radius 2 is 2.00 bits per heavy atom. The number of hydrogen-bond acceptors (Lipinski definition) is 7. The number of hydrogen-bond donors (Lipinski definition) is 3. The predicted molar refractivity (Wildman–Crippen MR) is 122 cm³/mol. The zero-order valence-electron chi connectivity index (χ0n) is 18.5. The van der Waals surface area contributed by atoms with Crippen LogP contribution in [0.5, 0.6) is 0 Å². The van der Waals surface area contributed by atoms with Crippen LogP contribution in [0.2, 0.25) is 0 Å². The third kappa shape index (κ3) is 9.33. The van der Waals surface area contributed by atoms with Crippen molar-refractivity contribution >= 4 is 39.2 Å². The summed E-state index contributed by atoms with van der Waals surface area (Å²) in [5.74, 6) is -0.749. The van der Waals surface area contributed by atoms with Crippen molar-refractivity contribution in [2.75, 3.05) is 4.72 Å². The SMILES string of the molecule is CCc1csc(C(Cc2[c]cc(NS(=O)(=O)O)cc2)NC(=O)CCC(=O)OC(C)(C)C)n1. The maximum Gasteiger partial charge on any atom is 0.357 e. The zero-order chi connectivity index (χ0) is 23.9. The molecule has 0 saturated carbocycles. The molecule has 2 aromatic rings. The number of esters is 1. The zero-order valence-corrected chi connectivity index (χ0v) is 20.1. The van der Waals surface area contributed by atoms with E-state index in [0.717, 1.165) is 17.1 Å². The van der Waals surface area contributed by atoms with Gasteiger partial charge in [-0.3, -0.25) is 18.9 Å². The predicted octanol–water partition coefficient (Wildman–Crippen LogP) is 3.24. The monoisotopic (exact) mass is 482 g/mol. The topological polar surface area (TPSA) is 135 Å². The smallest absolute Gasteiger partial charge is 0.357 e. The van der Waals surface area contributed by atoms with E-state index in [9.17, 15) is 18.0 Å². The number of nitrogens with zero attached hydrogens (tertiary/aromatic N) is 1. The molecule has 1 aromatic heterocycles. The standard InChI is InChI=1S/C21H28N3O6S2/c1-5-15-13-31-20(22-15)17(23-18(25)10-11-19(26)30-21(2,3)4)12-14-6-8-16(9-7-14)24-32(27,28)29/h6,8-9,13,17,24H,5,10-12H2,1-4H3,(H,23,25)(H,27,28,29). The van der Waals surface area contributed by atoms with E-state index in [1.807, 2.05) is 17.0 Å². The number of benzene rings is 1. The summed E-state index contributed by atoms with van der Waals surface area (Å²) in [5.41, 5.74) is 1.17. The molecule has 0 bridgehead atoms. The maximum absolute atomic E-state index is 12.5. The summed E-state index contributed by atoms with van der Waals surface area (Å²) in [6.07, 6.45) is 1.08. The molecular weight excluding hydrogens is 454 g/mol. The van der Waals surface area contributed by atoms with E-state index < -0.39 is 27.9 Å². The lowest BCUT2D eigenvalue weighted by atomic mass is 10.1. The van der Waals surface area contributed by atoms with Gasteiger partial charge in [0.25, 0.3) is 0 Å². The molecule has 1 aromatic carbocycles. The first-order valence-corrected chi connectivity index (χ1v) is 12.4. The Kier molecular flexibility index (Phi) is 8.76. The number of thiazole rings is 1. The van der Waals surface area contributed by atoms with E-state index in [2.05, 4.69) is 16.4 Å². The Labute approximate surface area is 192 Å². The van der Waals surface area contributed by atoms with Crippen molar-refractivity contribution < 1.29 is 27.3 Å². The van der Waals surface area contributed by atoms with E-state index in [0.29, 0.717) is 12.0 Å². The molecule has 175 valence electrons. The van der Waals surface area contributed by atoms with Crippen LogP contribution in [0.3, 0.4) is 0 Å². The van der Waals surface area contributed by atoms with Gasteiger partial charge < -0.3 is 10.1 Å². The van der Waals surface area contributed by atoms with Gasteiger partial charge in [0, 0.05) is 11.8 Å². The quantitative estimate of drug-likeness (QED) is 0.349. The van der Waals surface area contributed by atoms with E-state index in [-0.39, 0.29) is 24.4 Å². The molecule has 0 aliphatic heterocycles. The van der Waals surface area contributed by atoms with Crippen LogP contribution in [-0.2, 0) is 37.5 Å². The molecule has 0 aliphatic rings. The lowest BCUT2D eigenvalue weighted by molar-refractivity contribution is -0.155. The largest absolute Gasteiger partial charge is 0.460 e. The minimum Gasteiger partial charge on any atom is -0.460 e.